The first-order valence-electron chi connectivity index (χ1n) is 5.47. The van der Waals surface area contributed by atoms with Gasteiger partial charge in [0.25, 0.3) is 0 Å². The van der Waals surface area contributed by atoms with E-state index in [1.165, 1.54) is 12.2 Å². The Morgan fingerprint density at radius 1 is 1.47 bits per heavy atom. The zero-order valence-electron chi connectivity index (χ0n) is 10.2. The molecule has 0 aromatic heterocycles. The molecule has 1 N–H and O–H groups in total. The number of carbonyl (C=O) groups excluding carboxylic acids is 1. The monoisotopic (exact) mass is 279 g/mol. The average Bonchev–Trinajstić information content (AvgIpc) is 2.39. The molecule has 0 amide bonds. The lowest BCUT2D eigenvalue weighted by atomic mass is 10.2. The highest BCUT2D eigenvalue weighted by Crippen LogP contribution is 2.13. The highest BCUT2D eigenvalue weighted by Gasteiger charge is 2.29. The van der Waals surface area contributed by atoms with Gasteiger partial charge >= 0.3 is 11.7 Å². The van der Waals surface area contributed by atoms with Gasteiger partial charge in [-0.1, -0.05) is 29.8 Å². The van der Waals surface area contributed by atoms with E-state index < -0.39 is 17.4 Å². The van der Waals surface area contributed by atoms with E-state index in [0.29, 0.717) is 5.02 Å². The molecule has 0 saturated carbocycles. The average molecular weight is 280 g/mol. The van der Waals surface area contributed by atoms with Crippen LogP contribution in [0.15, 0.2) is 41.8 Å². The quantitative estimate of drug-likeness (QED) is 0.301. The van der Waals surface area contributed by atoms with Gasteiger partial charge in [0, 0.05) is 5.02 Å². The molecule has 0 spiro atoms. The third kappa shape index (κ3) is 4.45. The van der Waals surface area contributed by atoms with Gasteiger partial charge in [-0.05, 0) is 30.7 Å². The van der Waals surface area contributed by atoms with Gasteiger partial charge in [0.15, 0.2) is 4.98 Å². The lowest BCUT2D eigenvalue weighted by molar-refractivity contribution is -0.138. The molecule has 0 bridgehead atoms. The SMILES string of the molecule is CCOC(=O)C([N+]#N)=C(O)/C=C/c1ccc(Cl)cc1. The first-order chi connectivity index (χ1) is 9.08. The van der Waals surface area contributed by atoms with Crippen LogP contribution in [-0.2, 0) is 9.53 Å². The van der Waals surface area contributed by atoms with E-state index in [0.717, 1.165) is 5.56 Å². The Kier molecular flexibility index (Phi) is 5.58. The van der Waals surface area contributed by atoms with Crippen molar-refractivity contribution >= 4 is 23.6 Å². The Labute approximate surface area is 115 Å². The van der Waals surface area contributed by atoms with Gasteiger partial charge < -0.3 is 9.84 Å². The second-order valence-corrected chi connectivity index (χ2v) is 3.88. The Morgan fingerprint density at radius 3 is 2.63 bits per heavy atom. The standard InChI is InChI=1S/C13H11ClN2O3/c1-2-19-13(18)12(16-15)11(17)8-5-9-3-6-10(14)7-4-9/h3-8H,2H2,1H3/p+1/b8-5+. The van der Waals surface area contributed by atoms with E-state index in [4.69, 9.17) is 17.0 Å². The molecule has 0 heterocycles. The number of carbonyl (C=O) groups is 1. The molecule has 0 radical (unpaired) electrons. The van der Waals surface area contributed by atoms with E-state index in [9.17, 15) is 9.90 Å². The second kappa shape index (κ2) is 7.19. The molecule has 1 aromatic carbocycles. The number of nitrogens with zero attached hydrogens (tertiary/aromatic N) is 2. The van der Waals surface area contributed by atoms with E-state index in [1.807, 2.05) is 0 Å². The van der Waals surface area contributed by atoms with Crippen LogP contribution in [0.25, 0.3) is 11.1 Å². The molecule has 0 atom stereocenters. The highest BCUT2D eigenvalue weighted by molar-refractivity contribution is 6.30. The second-order valence-electron chi connectivity index (χ2n) is 3.44. The number of benzene rings is 1. The van der Waals surface area contributed by atoms with Gasteiger partial charge in [-0.3, -0.25) is 0 Å². The highest BCUT2D eigenvalue weighted by atomic mass is 35.5. The third-order valence-electron chi connectivity index (χ3n) is 2.12. The van der Waals surface area contributed by atoms with Crippen LogP contribution in [0.5, 0.6) is 0 Å². The molecule has 0 saturated heterocycles. The molecule has 1 aromatic rings. The number of ether oxygens (including phenoxy) is 1. The summed E-state index contributed by atoms with van der Waals surface area (Å²) < 4.78 is 4.62. The number of halogens is 1. The molecule has 0 fully saturated rings. The zero-order chi connectivity index (χ0) is 14.3. The van der Waals surface area contributed by atoms with Crippen LogP contribution >= 0.6 is 11.6 Å². The van der Waals surface area contributed by atoms with Crippen molar-refractivity contribution in [2.24, 2.45) is 0 Å². The molecule has 98 valence electrons. The fraction of sp³-hybridized carbons (Fsp3) is 0.154. The van der Waals surface area contributed by atoms with Crippen molar-refractivity contribution in [3.05, 3.63) is 57.4 Å². The largest absolute Gasteiger partial charge is 0.509 e. The van der Waals surface area contributed by atoms with Crippen molar-refractivity contribution < 1.29 is 14.6 Å². The summed E-state index contributed by atoms with van der Waals surface area (Å²) in [4.78, 5) is 14.0. The molecule has 5 nitrogen and oxygen atoms in total. The van der Waals surface area contributed by atoms with Crippen molar-refractivity contribution in [2.75, 3.05) is 6.61 Å². The third-order valence-corrected chi connectivity index (χ3v) is 2.37. The normalized spacial score (nSPS) is 11.8. The maximum absolute atomic E-state index is 11.3. The number of hydrogen-bond donors (Lipinski definition) is 1. The first-order valence-corrected chi connectivity index (χ1v) is 5.85. The molecular formula is C13H12ClN2O3+. The van der Waals surface area contributed by atoms with Crippen molar-refractivity contribution in [3.63, 3.8) is 0 Å². The predicted octanol–water partition coefficient (Wildman–Crippen LogP) is 3.54. The maximum Gasteiger partial charge on any atom is 0.509 e. The number of rotatable bonds is 4. The molecule has 0 unspecified atom stereocenters. The smallest absolute Gasteiger partial charge is 0.501 e. The van der Waals surface area contributed by atoms with Crippen molar-refractivity contribution in [1.29, 1.82) is 5.39 Å². The summed E-state index contributed by atoms with van der Waals surface area (Å²) in [7, 11) is 0. The lowest BCUT2D eigenvalue weighted by Crippen LogP contribution is -2.07. The van der Waals surface area contributed by atoms with E-state index in [2.05, 4.69) is 9.71 Å². The number of hydrogen-bond acceptors (Lipinski definition) is 4. The van der Waals surface area contributed by atoms with Gasteiger partial charge in [0.1, 0.15) is 0 Å². The van der Waals surface area contributed by atoms with E-state index in [-0.39, 0.29) is 6.61 Å². The van der Waals surface area contributed by atoms with Crippen LogP contribution in [-0.4, -0.2) is 17.7 Å². The van der Waals surface area contributed by atoms with Gasteiger partial charge in [-0.15, -0.1) is 0 Å². The van der Waals surface area contributed by atoms with E-state index in [1.54, 1.807) is 31.2 Å². The van der Waals surface area contributed by atoms with Gasteiger partial charge in [0.05, 0.1) is 6.61 Å². The van der Waals surface area contributed by atoms with Gasteiger partial charge in [-0.25, -0.2) is 4.79 Å². The fourth-order valence-electron chi connectivity index (χ4n) is 1.22. The maximum atomic E-state index is 11.3. The molecule has 6 heteroatoms. The topological polar surface area (TPSA) is 74.7 Å². The van der Waals surface area contributed by atoms with Crippen LogP contribution in [0, 0.1) is 5.39 Å². The zero-order valence-corrected chi connectivity index (χ0v) is 11.0. The minimum absolute atomic E-state index is 0.117. The predicted molar refractivity (Wildman–Crippen MR) is 71.9 cm³/mol. The minimum Gasteiger partial charge on any atom is -0.501 e. The molecule has 1 rings (SSSR count). The molecule has 0 aliphatic heterocycles. The number of aliphatic hydroxyl groups excluding tert-OH is 1. The summed E-state index contributed by atoms with van der Waals surface area (Å²) in [6, 6.07) is 6.83. The number of aliphatic hydroxyl groups is 1. The summed E-state index contributed by atoms with van der Waals surface area (Å²) in [6.45, 7) is 1.72. The van der Waals surface area contributed by atoms with Crippen LogP contribution < -0.4 is 0 Å². The lowest BCUT2D eigenvalue weighted by Gasteiger charge is -1.94. The summed E-state index contributed by atoms with van der Waals surface area (Å²) in [5.74, 6) is -1.39. The van der Waals surface area contributed by atoms with Crippen molar-refractivity contribution in [3.8, 4) is 0 Å². The summed E-state index contributed by atoms with van der Waals surface area (Å²) in [6.07, 6.45) is 2.77. The Hall–Kier alpha value is -2.32. The van der Waals surface area contributed by atoms with Crippen molar-refractivity contribution in [1.82, 2.24) is 0 Å². The van der Waals surface area contributed by atoms with Gasteiger partial charge in [0.2, 0.25) is 11.2 Å². The number of esters is 1. The molecule has 19 heavy (non-hydrogen) atoms. The molecular weight excluding hydrogens is 268 g/mol. The number of diazo groups is 1. The summed E-state index contributed by atoms with van der Waals surface area (Å²) in [5.41, 5.74) is 0.212. The first kappa shape index (κ1) is 14.7. The Balaban J connectivity index is 2.92. The Bertz CT molecular complexity index is 556. The Morgan fingerprint density at radius 2 is 2.11 bits per heavy atom. The van der Waals surface area contributed by atoms with E-state index >= 15 is 0 Å². The van der Waals surface area contributed by atoms with Crippen molar-refractivity contribution in [2.45, 2.75) is 6.92 Å². The number of allylic oxidation sites excluding steroid dienone is 1. The van der Waals surface area contributed by atoms with Crippen LogP contribution in [0.4, 0.5) is 0 Å². The fourth-order valence-corrected chi connectivity index (χ4v) is 1.35. The van der Waals surface area contributed by atoms with Crippen LogP contribution in [0.3, 0.4) is 0 Å². The molecule has 0 aliphatic rings. The molecule has 0 aliphatic carbocycles. The summed E-state index contributed by atoms with van der Waals surface area (Å²) >= 11 is 5.73. The van der Waals surface area contributed by atoms with Crippen LogP contribution in [0.1, 0.15) is 12.5 Å². The van der Waals surface area contributed by atoms with Crippen LogP contribution in [0.2, 0.25) is 5.02 Å². The minimum atomic E-state index is -0.900. The summed E-state index contributed by atoms with van der Waals surface area (Å²) in [5, 5.41) is 18.9. The van der Waals surface area contributed by atoms with Gasteiger partial charge in [-0.2, -0.15) is 0 Å².